The standard InChI is InChI=1S/C31H38ClN3O6S/c1-6-22(3)33-31(37)27(7-2)34(20-23-12-11-13-25(18-23)40-4)30(36)21-35(28-19-24(32)16-17-29(28)41-5)42(38,39)26-14-9-8-10-15-26/h8-19,22,27H,6-7,20-21H2,1-5H3,(H,33,37)/t22-,27+/m0/s1. The van der Waals surface area contributed by atoms with Gasteiger partial charge in [-0.1, -0.05) is 55.8 Å². The van der Waals surface area contributed by atoms with Crippen LogP contribution in [0.2, 0.25) is 5.02 Å². The van der Waals surface area contributed by atoms with Crippen molar-refractivity contribution < 1.29 is 27.5 Å². The molecule has 0 bridgehead atoms. The Morgan fingerprint density at radius 1 is 0.929 bits per heavy atom. The first-order valence-electron chi connectivity index (χ1n) is 13.7. The Labute approximate surface area is 253 Å². The first kappa shape index (κ1) is 32.8. The first-order chi connectivity index (χ1) is 20.0. The summed E-state index contributed by atoms with van der Waals surface area (Å²) in [6, 6.07) is 18.6. The molecule has 42 heavy (non-hydrogen) atoms. The van der Waals surface area contributed by atoms with Crippen molar-refractivity contribution in [1.29, 1.82) is 0 Å². The van der Waals surface area contributed by atoms with E-state index in [0.29, 0.717) is 18.6 Å². The monoisotopic (exact) mass is 615 g/mol. The summed E-state index contributed by atoms with van der Waals surface area (Å²) in [6.45, 7) is 5.10. The Morgan fingerprint density at radius 2 is 1.64 bits per heavy atom. The van der Waals surface area contributed by atoms with Crippen LogP contribution >= 0.6 is 11.6 Å². The van der Waals surface area contributed by atoms with E-state index in [1.807, 2.05) is 26.8 Å². The van der Waals surface area contributed by atoms with Gasteiger partial charge in [0, 0.05) is 17.6 Å². The second-order valence-corrected chi connectivity index (χ2v) is 12.1. The molecule has 11 heteroatoms. The third-order valence-corrected chi connectivity index (χ3v) is 8.90. The van der Waals surface area contributed by atoms with Crippen molar-refractivity contribution >= 4 is 39.1 Å². The van der Waals surface area contributed by atoms with Crippen LogP contribution in [0.1, 0.15) is 39.2 Å². The summed E-state index contributed by atoms with van der Waals surface area (Å²) < 4.78 is 39.9. The molecule has 0 aliphatic rings. The Hall–Kier alpha value is -3.76. The second kappa shape index (κ2) is 14.9. The lowest BCUT2D eigenvalue weighted by molar-refractivity contribution is -0.140. The predicted octanol–water partition coefficient (Wildman–Crippen LogP) is 5.27. The van der Waals surface area contributed by atoms with Gasteiger partial charge in [0.2, 0.25) is 11.8 Å². The molecule has 0 aromatic heterocycles. The number of anilines is 1. The lowest BCUT2D eigenvalue weighted by atomic mass is 10.1. The molecule has 3 rings (SSSR count). The number of halogens is 1. The molecular weight excluding hydrogens is 578 g/mol. The Kier molecular flexibility index (Phi) is 11.6. The molecule has 0 heterocycles. The lowest BCUT2D eigenvalue weighted by Gasteiger charge is -2.34. The highest BCUT2D eigenvalue weighted by molar-refractivity contribution is 7.92. The van der Waals surface area contributed by atoms with E-state index in [4.69, 9.17) is 21.1 Å². The van der Waals surface area contributed by atoms with Gasteiger partial charge in [-0.15, -0.1) is 0 Å². The summed E-state index contributed by atoms with van der Waals surface area (Å²) in [4.78, 5) is 29.1. The average Bonchev–Trinajstić information content (AvgIpc) is 2.99. The molecule has 0 radical (unpaired) electrons. The molecule has 226 valence electrons. The van der Waals surface area contributed by atoms with Crippen molar-refractivity contribution in [3.8, 4) is 11.5 Å². The molecule has 0 saturated carbocycles. The van der Waals surface area contributed by atoms with Crippen LogP contribution in [0.3, 0.4) is 0 Å². The molecule has 3 aromatic carbocycles. The van der Waals surface area contributed by atoms with Crippen molar-refractivity contribution in [2.75, 3.05) is 25.1 Å². The molecule has 0 aliphatic heterocycles. The van der Waals surface area contributed by atoms with E-state index in [0.717, 1.165) is 9.87 Å². The van der Waals surface area contributed by atoms with E-state index in [1.165, 1.54) is 36.3 Å². The largest absolute Gasteiger partial charge is 0.497 e. The van der Waals surface area contributed by atoms with E-state index in [1.54, 1.807) is 49.6 Å². The fraction of sp³-hybridized carbons (Fsp3) is 0.355. The van der Waals surface area contributed by atoms with Gasteiger partial charge in [0.05, 0.1) is 24.8 Å². The van der Waals surface area contributed by atoms with Crippen molar-refractivity contribution in [3.63, 3.8) is 0 Å². The molecule has 2 amide bonds. The summed E-state index contributed by atoms with van der Waals surface area (Å²) >= 11 is 6.29. The third kappa shape index (κ3) is 7.95. The minimum absolute atomic E-state index is 0.0132. The van der Waals surface area contributed by atoms with Crippen LogP contribution in [0.25, 0.3) is 0 Å². The minimum Gasteiger partial charge on any atom is -0.497 e. The first-order valence-corrected chi connectivity index (χ1v) is 15.5. The van der Waals surface area contributed by atoms with Crippen LogP contribution < -0.4 is 19.1 Å². The maximum atomic E-state index is 14.2. The predicted molar refractivity (Wildman–Crippen MR) is 164 cm³/mol. The zero-order valence-electron chi connectivity index (χ0n) is 24.5. The molecule has 9 nitrogen and oxygen atoms in total. The van der Waals surface area contributed by atoms with Gasteiger partial charge in [0.1, 0.15) is 24.1 Å². The molecule has 2 atom stereocenters. The molecule has 0 spiro atoms. The molecule has 0 unspecified atom stereocenters. The highest BCUT2D eigenvalue weighted by atomic mass is 35.5. The lowest BCUT2D eigenvalue weighted by Crippen LogP contribution is -2.53. The number of carbonyl (C=O) groups excluding carboxylic acids is 2. The normalized spacial score (nSPS) is 12.6. The molecule has 0 saturated heterocycles. The number of sulfonamides is 1. The van der Waals surface area contributed by atoms with E-state index in [-0.39, 0.29) is 39.8 Å². The van der Waals surface area contributed by atoms with Crippen LogP contribution in [-0.2, 0) is 26.2 Å². The quantitative estimate of drug-likeness (QED) is 0.265. The number of nitrogens with zero attached hydrogens (tertiary/aromatic N) is 2. The highest BCUT2D eigenvalue weighted by Gasteiger charge is 2.35. The fourth-order valence-electron chi connectivity index (χ4n) is 4.42. The molecule has 1 N–H and O–H groups in total. The zero-order chi connectivity index (χ0) is 30.9. The smallest absolute Gasteiger partial charge is 0.264 e. The highest BCUT2D eigenvalue weighted by Crippen LogP contribution is 2.35. The second-order valence-electron chi connectivity index (χ2n) is 9.76. The van der Waals surface area contributed by atoms with E-state index < -0.39 is 28.5 Å². The van der Waals surface area contributed by atoms with Gasteiger partial charge >= 0.3 is 0 Å². The third-order valence-electron chi connectivity index (χ3n) is 6.89. The maximum Gasteiger partial charge on any atom is 0.264 e. The summed E-state index contributed by atoms with van der Waals surface area (Å²) in [5, 5.41) is 3.23. The molecular formula is C31H38ClN3O6S. The van der Waals surface area contributed by atoms with E-state index >= 15 is 0 Å². The van der Waals surface area contributed by atoms with Crippen molar-refractivity contribution in [2.45, 2.75) is 57.1 Å². The Bertz CT molecular complexity index is 1470. The van der Waals surface area contributed by atoms with Gasteiger partial charge in [-0.05, 0) is 67.8 Å². The summed E-state index contributed by atoms with van der Waals surface area (Å²) in [6.07, 6.45) is 1.02. The number of hydrogen-bond acceptors (Lipinski definition) is 6. The SMILES string of the molecule is CC[C@H](C(=O)N[C@@H](C)CC)N(Cc1cccc(OC)c1)C(=O)CN(c1cc(Cl)ccc1OC)S(=O)(=O)c1ccccc1. The van der Waals surface area contributed by atoms with Crippen LogP contribution in [0.4, 0.5) is 5.69 Å². The molecule has 0 aliphatic carbocycles. The van der Waals surface area contributed by atoms with Crippen LogP contribution in [0, 0.1) is 0 Å². The van der Waals surface area contributed by atoms with E-state index in [9.17, 15) is 18.0 Å². The number of nitrogens with one attached hydrogen (secondary N) is 1. The zero-order valence-corrected chi connectivity index (χ0v) is 26.1. The van der Waals surface area contributed by atoms with Gasteiger partial charge < -0.3 is 19.7 Å². The van der Waals surface area contributed by atoms with E-state index in [2.05, 4.69) is 5.32 Å². The number of amides is 2. The average molecular weight is 616 g/mol. The van der Waals surface area contributed by atoms with Gasteiger partial charge in [-0.3, -0.25) is 13.9 Å². The van der Waals surface area contributed by atoms with Crippen molar-refractivity contribution in [1.82, 2.24) is 10.2 Å². The summed E-state index contributed by atoms with van der Waals surface area (Å²) in [7, 11) is -1.32. The van der Waals surface area contributed by atoms with Gasteiger partial charge in [0.15, 0.2) is 0 Å². The number of benzene rings is 3. The Morgan fingerprint density at radius 3 is 2.26 bits per heavy atom. The number of hydrogen-bond donors (Lipinski definition) is 1. The number of rotatable bonds is 14. The van der Waals surface area contributed by atoms with Gasteiger partial charge in [-0.2, -0.15) is 0 Å². The fourth-order valence-corrected chi connectivity index (χ4v) is 6.02. The summed E-state index contributed by atoms with van der Waals surface area (Å²) in [5.41, 5.74) is 0.816. The van der Waals surface area contributed by atoms with Crippen LogP contribution in [-0.4, -0.2) is 58.0 Å². The summed E-state index contributed by atoms with van der Waals surface area (Å²) in [5.74, 6) is -0.0899. The minimum atomic E-state index is -4.26. The van der Waals surface area contributed by atoms with Crippen LogP contribution in [0.15, 0.2) is 77.7 Å². The number of methoxy groups -OCH3 is 2. The molecule has 0 fully saturated rings. The van der Waals surface area contributed by atoms with Crippen LogP contribution in [0.5, 0.6) is 11.5 Å². The number of carbonyl (C=O) groups is 2. The van der Waals surface area contributed by atoms with Crippen molar-refractivity contribution in [2.24, 2.45) is 0 Å². The maximum absolute atomic E-state index is 14.2. The topological polar surface area (TPSA) is 105 Å². The number of ether oxygens (including phenoxy) is 2. The van der Waals surface area contributed by atoms with Gasteiger partial charge in [0.25, 0.3) is 10.0 Å². The molecule has 3 aromatic rings. The van der Waals surface area contributed by atoms with Gasteiger partial charge in [-0.25, -0.2) is 8.42 Å². The Balaban J connectivity index is 2.12. The van der Waals surface area contributed by atoms with Crippen molar-refractivity contribution in [3.05, 3.63) is 83.4 Å².